The van der Waals surface area contributed by atoms with Gasteiger partial charge < -0.3 is 9.80 Å². The third-order valence-corrected chi connectivity index (χ3v) is 5.66. The zero-order valence-corrected chi connectivity index (χ0v) is 16.2. The first-order chi connectivity index (χ1) is 13.0. The Hall–Kier alpha value is -2.79. The van der Waals surface area contributed by atoms with E-state index in [4.69, 9.17) is 0 Å². The van der Waals surface area contributed by atoms with Crippen LogP contribution in [0.4, 0.5) is 5.82 Å². The Labute approximate surface area is 162 Å². The molecule has 7 nitrogen and oxygen atoms in total. The van der Waals surface area contributed by atoms with Crippen molar-refractivity contribution >= 4 is 28.8 Å². The van der Waals surface area contributed by atoms with Crippen LogP contribution in [0.2, 0.25) is 0 Å². The number of hydrogen-bond donors (Lipinski definition) is 0. The first kappa shape index (κ1) is 19.0. The van der Waals surface area contributed by atoms with E-state index in [1.807, 2.05) is 35.8 Å². The molecule has 1 aliphatic heterocycles. The summed E-state index contributed by atoms with van der Waals surface area (Å²) in [7, 11) is 0. The molecule has 0 aromatic carbocycles. The molecule has 2 aromatic rings. The zero-order valence-electron chi connectivity index (χ0n) is 15.4. The number of piperazine rings is 1. The van der Waals surface area contributed by atoms with Crippen LogP contribution in [0.25, 0.3) is 0 Å². The number of aromatic nitrogens is 2. The minimum atomic E-state index is -0.0288. The lowest BCUT2D eigenvalue weighted by Crippen LogP contribution is -2.54. The second kappa shape index (κ2) is 8.27. The Morgan fingerprint density at radius 2 is 2.04 bits per heavy atom. The lowest BCUT2D eigenvalue weighted by atomic mass is 10.1. The van der Waals surface area contributed by atoms with Crippen LogP contribution in [0.5, 0.6) is 0 Å². The summed E-state index contributed by atoms with van der Waals surface area (Å²) in [5.74, 6) is 0.566. The van der Waals surface area contributed by atoms with E-state index in [9.17, 15) is 14.9 Å². The van der Waals surface area contributed by atoms with Crippen molar-refractivity contribution in [3.8, 4) is 6.07 Å². The van der Waals surface area contributed by atoms with E-state index >= 15 is 0 Å². The predicted molar refractivity (Wildman–Crippen MR) is 103 cm³/mol. The van der Waals surface area contributed by atoms with E-state index in [2.05, 4.69) is 16.0 Å². The van der Waals surface area contributed by atoms with Gasteiger partial charge in [-0.25, -0.2) is 9.97 Å². The molecule has 140 valence electrons. The monoisotopic (exact) mass is 383 g/mol. The molecule has 3 heterocycles. The van der Waals surface area contributed by atoms with Gasteiger partial charge in [0.15, 0.2) is 17.3 Å². The normalized spacial score (nSPS) is 16.9. The van der Waals surface area contributed by atoms with Gasteiger partial charge >= 0.3 is 0 Å². The molecular weight excluding hydrogens is 362 g/mol. The third kappa shape index (κ3) is 4.31. The van der Waals surface area contributed by atoms with E-state index in [0.29, 0.717) is 36.0 Å². The van der Waals surface area contributed by atoms with Crippen LogP contribution < -0.4 is 4.90 Å². The molecule has 1 fully saturated rings. The van der Waals surface area contributed by atoms with Crippen molar-refractivity contribution in [2.75, 3.05) is 24.5 Å². The Bertz CT molecular complexity index is 888. The van der Waals surface area contributed by atoms with Crippen molar-refractivity contribution in [2.24, 2.45) is 0 Å². The molecule has 0 aliphatic carbocycles. The maximum Gasteiger partial charge on any atom is 0.223 e. The van der Waals surface area contributed by atoms with Crippen molar-refractivity contribution < 1.29 is 9.59 Å². The fourth-order valence-corrected chi connectivity index (χ4v) is 4.07. The van der Waals surface area contributed by atoms with Gasteiger partial charge in [0.05, 0.1) is 4.88 Å². The number of Topliss-reactive ketones (excluding diaryl/α,β-unsaturated/α-hetero) is 1. The summed E-state index contributed by atoms with van der Waals surface area (Å²) < 4.78 is 0. The SMILES string of the molecule is Cc1ccc(C(=O)CCC(=O)N2CCN(c3nccnc3C#N)CC2C)s1. The number of carbonyl (C=O) groups is 2. The van der Waals surface area contributed by atoms with Gasteiger partial charge in [-0.3, -0.25) is 9.59 Å². The number of hydrogen-bond acceptors (Lipinski definition) is 7. The fourth-order valence-electron chi connectivity index (χ4n) is 3.23. The Kier molecular flexibility index (Phi) is 5.81. The molecule has 8 heteroatoms. The van der Waals surface area contributed by atoms with Gasteiger partial charge in [0.25, 0.3) is 0 Å². The van der Waals surface area contributed by atoms with E-state index < -0.39 is 0 Å². The minimum Gasteiger partial charge on any atom is -0.350 e. The van der Waals surface area contributed by atoms with E-state index in [-0.39, 0.29) is 30.6 Å². The maximum atomic E-state index is 12.6. The molecule has 1 unspecified atom stereocenters. The van der Waals surface area contributed by atoms with Gasteiger partial charge in [0, 0.05) is 55.8 Å². The lowest BCUT2D eigenvalue weighted by molar-refractivity contribution is -0.133. The van der Waals surface area contributed by atoms with Crippen LogP contribution in [0.15, 0.2) is 24.5 Å². The standard InChI is InChI=1S/C19H21N5O2S/c1-13-12-23(19-15(11-20)21-7-8-22-19)9-10-24(13)18(26)6-4-16(25)17-5-3-14(2)27-17/h3,5,7-8,13H,4,6,9-10,12H2,1-2H3. The highest BCUT2D eigenvalue weighted by Crippen LogP contribution is 2.21. The first-order valence-corrected chi connectivity index (χ1v) is 9.66. The molecule has 1 saturated heterocycles. The Balaban J connectivity index is 1.57. The average molecular weight is 383 g/mol. The summed E-state index contributed by atoms with van der Waals surface area (Å²) in [6, 6.07) is 5.77. The van der Waals surface area contributed by atoms with E-state index in [0.717, 1.165) is 4.88 Å². The number of nitrogens with zero attached hydrogens (tertiary/aromatic N) is 5. The lowest BCUT2D eigenvalue weighted by Gasteiger charge is -2.40. The summed E-state index contributed by atoms with van der Waals surface area (Å²) in [6.45, 7) is 5.63. The van der Waals surface area contributed by atoms with Crippen LogP contribution >= 0.6 is 11.3 Å². The Morgan fingerprint density at radius 3 is 2.70 bits per heavy atom. The molecule has 3 rings (SSSR count). The smallest absolute Gasteiger partial charge is 0.223 e. The summed E-state index contributed by atoms with van der Waals surface area (Å²) in [4.78, 5) is 38.7. The second-order valence-corrected chi connectivity index (χ2v) is 7.84. The van der Waals surface area contributed by atoms with Crippen molar-refractivity contribution in [3.63, 3.8) is 0 Å². The van der Waals surface area contributed by atoms with Crippen LogP contribution in [-0.2, 0) is 4.79 Å². The molecule has 1 aliphatic rings. The maximum absolute atomic E-state index is 12.6. The third-order valence-electron chi connectivity index (χ3n) is 4.61. The number of amides is 1. The molecular formula is C19H21N5O2S. The van der Waals surface area contributed by atoms with Crippen LogP contribution in [0.3, 0.4) is 0 Å². The number of carbonyl (C=O) groups excluding carboxylic acids is 2. The highest BCUT2D eigenvalue weighted by Gasteiger charge is 2.29. The zero-order chi connectivity index (χ0) is 19.4. The summed E-state index contributed by atoms with van der Waals surface area (Å²) in [6.07, 6.45) is 3.51. The van der Waals surface area contributed by atoms with Crippen LogP contribution in [0, 0.1) is 18.3 Å². The number of thiophene rings is 1. The molecule has 0 bridgehead atoms. The Morgan fingerprint density at radius 1 is 1.26 bits per heavy atom. The summed E-state index contributed by atoms with van der Waals surface area (Å²) in [5.41, 5.74) is 0.293. The largest absolute Gasteiger partial charge is 0.350 e. The quantitative estimate of drug-likeness (QED) is 0.737. The molecule has 0 spiro atoms. The first-order valence-electron chi connectivity index (χ1n) is 8.84. The summed E-state index contributed by atoms with van der Waals surface area (Å²) >= 11 is 1.46. The predicted octanol–water partition coefficient (Wildman–Crippen LogP) is 2.42. The number of rotatable bonds is 5. The highest BCUT2D eigenvalue weighted by atomic mass is 32.1. The van der Waals surface area contributed by atoms with Crippen molar-refractivity contribution in [3.05, 3.63) is 40.0 Å². The van der Waals surface area contributed by atoms with Gasteiger partial charge in [-0.1, -0.05) is 0 Å². The van der Waals surface area contributed by atoms with Gasteiger partial charge in [-0.15, -0.1) is 11.3 Å². The number of ketones is 1. The van der Waals surface area contributed by atoms with Gasteiger partial charge in [0.2, 0.25) is 5.91 Å². The van der Waals surface area contributed by atoms with E-state index in [1.165, 1.54) is 17.5 Å². The minimum absolute atomic E-state index is 0.0107. The van der Waals surface area contributed by atoms with E-state index in [1.54, 1.807) is 6.20 Å². The van der Waals surface area contributed by atoms with Gasteiger partial charge in [-0.05, 0) is 26.0 Å². The summed E-state index contributed by atoms with van der Waals surface area (Å²) in [5, 5.41) is 9.20. The molecule has 1 atom stereocenters. The molecule has 2 aromatic heterocycles. The molecule has 27 heavy (non-hydrogen) atoms. The molecule has 0 radical (unpaired) electrons. The molecule has 0 saturated carbocycles. The average Bonchev–Trinajstić information content (AvgIpc) is 3.12. The number of aryl methyl sites for hydroxylation is 1. The van der Waals surface area contributed by atoms with Gasteiger partial charge in [-0.2, -0.15) is 5.26 Å². The second-order valence-electron chi connectivity index (χ2n) is 6.56. The topological polar surface area (TPSA) is 90.2 Å². The molecule has 1 amide bonds. The van der Waals surface area contributed by atoms with Crippen LogP contribution in [-0.4, -0.2) is 52.2 Å². The van der Waals surface area contributed by atoms with Crippen LogP contribution in [0.1, 0.15) is 40.0 Å². The number of anilines is 1. The van der Waals surface area contributed by atoms with Crippen molar-refractivity contribution in [2.45, 2.75) is 32.7 Å². The van der Waals surface area contributed by atoms with Gasteiger partial charge in [0.1, 0.15) is 6.07 Å². The molecule has 0 N–H and O–H groups in total. The van der Waals surface area contributed by atoms with Crippen molar-refractivity contribution in [1.82, 2.24) is 14.9 Å². The fraction of sp³-hybridized carbons (Fsp3) is 0.421. The van der Waals surface area contributed by atoms with Crippen molar-refractivity contribution in [1.29, 1.82) is 5.26 Å². The highest BCUT2D eigenvalue weighted by molar-refractivity contribution is 7.14. The number of nitriles is 1.